The van der Waals surface area contributed by atoms with Crippen LogP contribution in [0.15, 0.2) is 133 Å². The van der Waals surface area contributed by atoms with Crippen LogP contribution in [-0.2, 0) is 5.41 Å². The minimum absolute atomic E-state index is 0.301. The zero-order valence-electron chi connectivity index (χ0n) is 21.9. The lowest BCUT2D eigenvalue weighted by atomic mass is 9.67. The molecule has 2 nitrogen and oxygen atoms in total. The van der Waals surface area contributed by atoms with Gasteiger partial charge in [0.2, 0.25) is 0 Å². The lowest BCUT2D eigenvalue weighted by molar-refractivity contribution is 0.626. The maximum atomic E-state index is 14.5. The second kappa shape index (κ2) is 8.66. The Hall–Kier alpha value is -4.19. The quantitative estimate of drug-likeness (QED) is 0.182. The molecule has 9 rings (SSSR count). The van der Waals surface area contributed by atoms with E-state index in [1.54, 1.807) is 12.1 Å². The summed E-state index contributed by atoms with van der Waals surface area (Å²) in [5, 5.41) is 3.64. The van der Waals surface area contributed by atoms with Crippen LogP contribution in [0, 0.1) is 5.82 Å². The second-order valence-electron chi connectivity index (χ2n) is 10.8. The van der Waals surface area contributed by atoms with Crippen LogP contribution in [0.25, 0.3) is 55.0 Å². The van der Waals surface area contributed by atoms with Gasteiger partial charge in [-0.05, 0) is 58.7 Å². The number of para-hydroxylation sites is 1. The van der Waals surface area contributed by atoms with E-state index in [1.165, 1.54) is 6.07 Å². The van der Waals surface area contributed by atoms with Crippen molar-refractivity contribution < 1.29 is 13.2 Å². The molecule has 0 saturated heterocycles. The van der Waals surface area contributed by atoms with Crippen LogP contribution in [0.4, 0.5) is 4.39 Å². The molecule has 200 valence electrons. The molecule has 0 saturated carbocycles. The molecule has 0 amide bonds. The molecule has 0 spiro atoms. The third-order valence-corrected chi connectivity index (χ3v) is 9.98. The van der Waals surface area contributed by atoms with E-state index in [1.807, 2.05) is 30.3 Å². The van der Waals surface area contributed by atoms with Crippen molar-refractivity contribution in [2.75, 3.05) is 0 Å². The van der Waals surface area contributed by atoms with Crippen molar-refractivity contribution in [1.82, 2.24) is 0 Å². The minimum atomic E-state index is -0.677. The van der Waals surface area contributed by atoms with Crippen LogP contribution < -0.4 is 0 Å². The number of hydrogen-bond acceptors (Lipinski definition) is 2. The SMILES string of the molecule is Fc1ccc2oc3c4c(cc(Br)c3c2c1)C(c1ccccc1)(c1ccccc1)c1cc(Br)c2c(oc3ccccc32)c1-4. The standard InChI is InChI=1S/C37H19Br2FO2/c38-27-18-25-33(35-31(27)23-13-7-8-14-29(23)41-35)34-26(19-28(39)32-24-17-22(40)15-16-30(24)42-36(32)34)37(25,20-9-3-1-4-10-20)21-11-5-2-6-12-21/h1-19H. The minimum Gasteiger partial charge on any atom is -0.455 e. The van der Waals surface area contributed by atoms with Crippen LogP contribution in [-0.4, -0.2) is 0 Å². The fourth-order valence-corrected chi connectivity index (χ4v) is 8.37. The summed E-state index contributed by atoms with van der Waals surface area (Å²) in [7, 11) is 0. The maximum Gasteiger partial charge on any atom is 0.144 e. The highest BCUT2D eigenvalue weighted by Gasteiger charge is 2.49. The van der Waals surface area contributed by atoms with Crippen LogP contribution in [0.5, 0.6) is 0 Å². The molecular formula is C37H19Br2FO2. The van der Waals surface area contributed by atoms with E-state index in [0.29, 0.717) is 11.2 Å². The third-order valence-electron chi connectivity index (χ3n) is 8.73. The summed E-state index contributed by atoms with van der Waals surface area (Å²) in [6.07, 6.45) is 0. The van der Waals surface area contributed by atoms with E-state index in [9.17, 15) is 4.39 Å². The predicted octanol–water partition coefficient (Wildman–Crippen LogP) is 11.5. The molecule has 1 aliphatic carbocycles. The van der Waals surface area contributed by atoms with E-state index in [4.69, 9.17) is 8.83 Å². The molecule has 8 aromatic rings. The molecule has 2 heterocycles. The van der Waals surface area contributed by atoms with Gasteiger partial charge in [-0.3, -0.25) is 0 Å². The molecule has 5 heteroatoms. The van der Waals surface area contributed by atoms with Crippen molar-refractivity contribution in [2.24, 2.45) is 0 Å². The first kappa shape index (κ1) is 24.4. The highest BCUT2D eigenvalue weighted by molar-refractivity contribution is 9.11. The molecule has 0 bridgehead atoms. The Labute approximate surface area is 256 Å². The Bertz CT molecular complexity index is 2350. The normalized spacial score (nSPS) is 13.8. The Morgan fingerprint density at radius 1 is 0.524 bits per heavy atom. The first-order valence-electron chi connectivity index (χ1n) is 13.7. The van der Waals surface area contributed by atoms with Gasteiger partial charge in [0.1, 0.15) is 28.1 Å². The topological polar surface area (TPSA) is 26.3 Å². The fraction of sp³-hybridized carbons (Fsp3) is 0.0270. The Morgan fingerprint density at radius 3 is 1.62 bits per heavy atom. The zero-order chi connectivity index (χ0) is 28.2. The Balaban J connectivity index is 1.58. The van der Waals surface area contributed by atoms with Crippen LogP contribution in [0.3, 0.4) is 0 Å². The lowest BCUT2D eigenvalue weighted by Crippen LogP contribution is -2.28. The van der Waals surface area contributed by atoms with Gasteiger partial charge in [-0.15, -0.1) is 0 Å². The fourth-order valence-electron chi connectivity index (χ4n) is 7.13. The van der Waals surface area contributed by atoms with Gasteiger partial charge < -0.3 is 8.83 Å². The highest BCUT2D eigenvalue weighted by Crippen LogP contribution is 2.62. The van der Waals surface area contributed by atoms with Crippen molar-refractivity contribution in [2.45, 2.75) is 5.41 Å². The molecule has 2 aromatic heterocycles. The Morgan fingerprint density at radius 2 is 1.02 bits per heavy atom. The van der Waals surface area contributed by atoms with Crippen LogP contribution in [0.1, 0.15) is 22.3 Å². The van der Waals surface area contributed by atoms with E-state index in [0.717, 1.165) is 75.0 Å². The molecule has 0 N–H and O–H groups in total. The predicted molar refractivity (Wildman–Crippen MR) is 174 cm³/mol. The molecule has 0 radical (unpaired) electrons. The number of rotatable bonds is 2. The van der Waals surface area contributed by atoms with Gasteiger partial charge in [0, 0.05) is 41.6 Å². The summed E-state index contributed by atoms with van der Waals surface area (Å²) in [5.74, 6) is -0.301. The monoisotopic (exact) mass is 672 g/mol. The highest BCUT2D eigenvalue weighted by atomic mass is 79.9. The Kier molecular flexibility index (Phi) is 5.04. The molecule has 42 heavy (non-hydrogen) atoms. The summed E-state index contributed by atoms with van der Waals surface area (Å²) in [6.45, 7) is 0. The second-order valence-corrected chi connectivity index (χ2v) is 12.5. The van der Waals surface area contributed by atoms with Gasteiger partial charge in [-0.2, -0.15) is 0 Å². The lowest BCUT2D eigenvalue weighted by Gasteiger charge is -2.34. The molecule has 0 atom stereocenters. The summed E-state index contributed by atoms with van der Waals surface area (Å²) in [4.78, 5) is 0. The van der Waals surface area contributed by atoms with Crippen molar-refractivity contribution in [1.29, 1.82) is 0 Å². The van der Waals surface area contributed by atoms with Crippen molar-refractivity contribution in [3.63, 3.8) is 0 Å². The molecule has 1 aliphatic rings. The van der Waals surface area contributed by atoms with Crippen molar-refractivity contribution in [3.8, 4) is 11.1 Å². The molecule has 0 fully saturated rings. The molecule has 0 aliphatic heterocycles. The summed E-state index contributed by atoms with van der Waals surface area (Å²) in [6, 6.07) is 38.5. The van der Waals surface area contributed by atoms with Crippen LogP contribution >= 0.6 is 31.9 Å². The summed E-state index contributed by atoms with van der Waals surface area (Å²) in [5.41, 5.74) is 8.67. The zero-order valence-corrected chi connectivity index (χ0v) is 25.1. The first-order valence-corrected chi connectivity index (χ1v) is 15.3. The van der Waals surface area contributed by atoms with Gasteiger partial charge in [-0.1, -0.05) is 111 Å². The van der Waals surface area contributed by atoms with Gasteiger partial charge in [0.05, 0.1) is 5.41 Å². The number of benzene rings is 6. The van der Waals surface area contributed by atoms with E-state index >= 15 is 0 Å². The van der Waals surface area contributed by atoms with Crippen molar-refractivity contribution >= 4 is 75.7 Å². The maximum absolute atomic E-state index is 14.5. The first-order chi connectivity index (χ1) is 20.6. The summed E-state index contributed by atoms with van der Waals surface area (Å²) < 4.78 is 29.7. The molecule has 6 aromatic carbocycles. The van der Waals surface area contributed by atoms with Crippen molar-refractivity contribution in [3.05, 3.63) is 152 Å². The third kappa shape index (κ3) is 3.02. The van der Waals surface area contributed by atoms with Gasteiger partial charge in [-0.25, -0.2) is 4.39 Å². The van der Waals surface area contributed by atoms with Crippen LogP contribution in [0.2, 0.25) is 0 Å². The molecular weight excluding hydrogens is 655 g/mol. The number of furan rings is 2. The van der Waals surface area contributed by atoms with E-state index in [2.05, 4.69) is 98.6 Å². The van der Waals surface area contributed by atoms with Gasteiger partial charge in [0.15, 0.2) is 0 Å². The molecule has 0 unspecified atom stereocenters. The average molecular weight is 674 g/mol. The largest absolute Gasteiger partial charge is 0.455 e. The summed E-state index contributed by atoms with van der Waals surface area (Å²) >= 11 is 7.85. The number of halogens is 3. The smallest absolute Gasteiger partial charge is 0.144 e. The van der Waals surface area contributed by atoms with Gasteiger partial charge in [0.25, 0.3) is 0 Å². The number of fused-ring (bicyclic) bond motifs is 11. The van der Waals surface area contributed by atoms with E-state index < -0.39 is 5.41 Å². The van der Waals surface area contributed by atoms with Gasteiger partial charge >= 0.3 is 0 Å². The number of hydrogen-bond donors (Lipinski definition) is 0. The van der Waals surface area contributed by atoms with E-state index in [-0.39, 0.29) is 5.82 Å². The average Bonchev–Trinajstić information content (AvgIpc) is 3.67.